The molecule has 0 unspecified atom stereocenters. The zero-order chi connectivity index (χ0) is 43.7. The van der Waals surface area contributed by atoms with Gasteiger partial charge in [-0.05, 0) is 247 Å². The third-order valence-corrected chi connectivity index (χ3v) is 11.9. The summed E-state index contributed by atoms with van der Waals surface area (Å²) in [6.45, 7) is 33.9. The third kappa shape index (κ3) is 12.6. The van der Waals surface area contributed by atoms with Gasteiger partial charge in [-0.2, -0.15) is 0 Å². The van der Waals surface area contributed by atoms with E-state index in [0.717, 1.165) is 33.8 Å². The molecule has 0 atom stereocenters. The number of aryl methyl sites for hydroxylation is 16. The van der Waals surface area contributed by atoms with Gasteiger partial charge in [0.1, 0.15) is 11.5 Å². The first kappa shape index (κ1) is 46.0. The summed E-state index contributed by atoms with van der Waals surface area (Å²) >= 11 is 0. The lowest BCUT2D eigenvalue weighted by molar-refractivity contribution is 0.103. The van der Waals surface area contributed by atoms with E-state index in [1.807, 2.05) is 62.4 Å². The summed E-state index contributed by atoms with van der Waals surface area (Å²) in [4.78, 5) is 12.4. The van der Waals surface area contributed by atoms with E-state index in [1.165, 1.54) is 88.7 Å². The zero-order valence-corrected chi connectivity index (χ0v) is 38.7. The second-order valence-electron chi connectivity index (χ2n) is 16.8. The van der Waals surface area contributed by atoms with Crippen molar-refractivity contribution in [1.82, 2.24) is 0 Å². The molecule has 0 N–H and O–H groups in total. The Labute approximate surface area is 356 Å². The monoisotopic (exact) mass is 783 g/mol. The van der Waals surface area contributed by atoms with Gasteiger partial charge in [0, 0.05) is 11.1 Å². The molecule has 7 aromatic rings. The first-order valence-corrected chi connectivity index (χ1v) is 20.8. The molecule has 2 nitrogen and oxygen atoms in total. The van der Waals surface area contributed by atoms with Crippen LogP contribution in [0.3, 0.4) is 0 Å². The van der Waals surface area contributed by atoms with Crippen LogP contribution in [0.1, 0.15) is 105 Å². The molecule has 0 fully saturated rings. The van der Waals surface area contributed by atoms with Crippen LogP contribution in [-0.4, -0.2) is 5.78 Å². The third-order valence-electron chi connectivity index (χ3n) is 11.9. The van der Waals surface area contributed by atoms with E-state index in [9.17, 15) is 4.79 Å². The Morgan fingerprint density at radius 1 is 0.271 bits per heavy atom. The van der Waals surface area contributed by atoms with Crippen LogP contribution in [0.4, 0.5) is 0 Å². The maximum atomic E-state index is 12.4. The van der Waals surface area contributed by atoms with Crippen LogP contribution in [0.15, 0.2) is 109 Å². The van der Waals surface area contributed by atoms with Gasteiger partial charge in [-0.3, -0.25) is 4.79 Å². The highest BCUT2D eigenvalue weighted by molar-refractivity contribution is 6.09. The molecule has 0 saturated heterocycles. The van der Waals surface area contributed by atoms with E-state index in [-0.39, 0.29) is 5.78 Å². The van der Waals surface area contributed by atoms with Crippen molar-refractivity contribution in [3.8, 4) is 11.5 Å². The lowest BCUT2D eigenvalue weighted by atomic mass is 9.97. The Bertz CT molecular complexity index is 2360. The van der Waals surface area contributed by atoms with Gasteiger partial charge in [0.05, 0.1) is 0 Å². The van der Waals surface area contributed by atoms with Gasteiger partial charge in [-0.1, -0.05) is 72.8 Å². The average Bonchev–Trinajstić information content (AvgIpc) is 3.18. The number of ether oxygens (including phenoxy) is 1. The standard InChI is InChI=1S/C17H18O.C16H18O.C14H16.C10H14/c1-11-5-7-15(9-13(11)3)17(18)16-8-6-12(2)14(4)10-16;1-11-5-7-15(9-13(11)3)17-16-8-6-12(2)14(4)10-16;1-9-5-13-7-11(3)12(4)8-14(13)6-10(9)2;1-7-5-9(3)10(4)6-8(7)2/h5-10H,1-4H3;5-10H,1-4H3;5-8H,1-4H3;5-6H,1-4H3. The summed E-state index contributed by atoms with van der Waals surface area (Å²) < 4.78 is 5.85. The predicted molar refractivity (Wildman–Crippen MR) is 255 cm³/mol. The molecule has 59 heavy (non-hydrogen) atoms. The maximum absolute atomic E-state index is 12.4. The maximum Gasteiger partial charge on any atom is 0.193 e. The fourth-order valence-electron chi connectivity index (χ4n) is 6.53. The number of rotatable bonds is 4. The number of carbonyl (C=O) groups is 1. The van der Waals surface area contributed by atoms with Crippen LogP contribution < -0.4 is 4.74 Å². The van der Waals surface area contributed by atoms with Gasteiger partial charge in [0.2, 0.25) is 0 Å². The normalized spacial score (nSPS) is 10.4. The molecule has 0 aliphatic rings. The van der Waals surface area contributed by atoms with E-state index in [2.05, 4.69) is 158 Å². The number of benzene rings is 7. The quantitative estimate of drug-likeness (QED) is 0.166. The summed E-state index contributed by atoms with van der Waals surface area (Å²) in [7, 11) is 0. The van der Waals surface area contributed by atoms with Gasteiger partial charge in [-0.25, -0.2) is 0 Å². The fourth-order valence-corrected chi connectivity index (χ4v) is 6.53. The number of fused-ring (bicyclic) bond motifs is 1. The molecule has 0 saturated carbocycles. The van der Waals surface area contributed by atoms with Crippen molar-refractivity contribution < 1.29 is 9.53 Å². The van der Waals surface area contributed by atoms with E-state index < -0.39 is 0 Å². The molecule has 0 spiro atoms. The highest BCUT2D eigenvalue weighted by atomic mass is 16.5. The molecule has 7 aromatic carbocycles. The lowest BCUT2D eigenvalue weighted by Gasteiger charge is -2.09. The SMILES string of the molecule is Cc1cc(C)c(C)cc1C.Cc1cc2cc(C)c(C)cc2cc1C.Cc1ccc(C(=O)c2ccc(C)c(C)c2)cc1C.Cc1ccc(Oc2ccc(C)c(C)c2)cc1C. The van der Waals surface area contributed by atoms with E-state index in [1.54, 1.807) is 0 Å². The fraction of sp³-hybridized carbons (Fsp3) is 0.281. The van der Waals surface area contributed by atoms with Crippen LogP contribution in [0.2, 0.25) is 0 Å². The Morgan fingerprint density at radius 3 is 0.780 bits per heavy atom. The number of hydrogen-bond acceptors (Lipinski definition) is 2. The van der Waals surface area contributed by atoms with Crippen molar-refractivity contribution in [3.63, 3.8) is 0 Å². The lowest BCUT2D eigenvalue weighted by Crippen LogP contribution is -2.03. The topological polar surface area (TPSA) is 26.3 Å². The van der Waals surface area contributed by atoms with E-state index >= 15 is 0 Å². The zero-order valence-electron chi connectivity index (χ0n) is 38.7. The van der Waals surface area contributed by atoms with Gasteiger partial charge >= 0.3 is 0 Å². The van der Waals surface area contributed by atoms with Gasteiger partial charge in [-0.15, -0.1) is 0 Å². The van der Waals surface area contributed by atoms with Crippen molar-refractivity contribution in [1.29, 1.82) is 0 Å². The molecule has 0 aliphatic heterocycles. The summed E-state index contributed by atoms with van der Waals surface area (Å²) in [5.41, 5.74) is 22.4. The molecule has 306 valence electrons. The highest BCUT2D eigenvalue weighted by Crippen LogP contribution is 2.26. The minimum absolute atomic E-state index is 0.0983. The highest BCUT2D eigenvalue weighted by Gasteiger charge is 2.11. The minimum atomic E-state index is 0.0983. The molecule has 0 aromatic heterocycles. The molecule has 0 heterocycles. The summed E-state index contributed by atoms with van der Waals surface area (Å²) in [5, 5.41) is 2.72. The smallest absolute Gasteiger partial charge is 0.193 e. The van der Waals surface area contributed by atoms with Gasteiger partial charge in [0.25, 0.3) is 0 Å². The Balaban J connectivity index is 0.000000177. The molecule has 0 amide bonds. The molecular weight excluding hydrogens is 717 g/mol. The molecular formula is C57H66O2. The first-order chi connectivity index (χ1) is 27.7. The number of carbonyl (C=O) groups excluding carboxylic acids is 1. The van der Waals surface area contributed by atoms with Crippen molar-refractivity contribution in [2.45, 2.75) is 111 Å². The second-order valence-corrected chi connectivity index (χ2v) is 16.8. The van der Waals surface area contributed by atoms with E-state index in [0.29, 0.717) is 0 Å². The van der Waals surface area contributed by atoms with Crippen LogP contribution >= 0.6 is 0 Å². The van der Waals surface area contributed by atoms with Crippen molar-refractivity contribution in [3.05, 3.63) is 209 Å². The minimum Gasteiger partial charge on any atom is -0.457 e. The van der Waals surface area contributed by atoms with Gasteiger partial charge < -0.3 is 4.74 Å². The second kappa shape index (κ2) is 20.3. The van der Waals surface area contributed by atoms with Crippen LogP contribution in [0, 0.1) is 111 Å². The molecule has 0 radical (unpaired) electrons. The largest absolute Gasteiger partial charge is 0.457 e. The average molecular weight is 783 g/mol. The van der Waals surface area contributed by atoms with E-state index in [4.69, 9.17) is 4.74 Å². The van der Waals surface area contributed by atoms with Crippen molar-refractivity contribution >= 4 is 16.6 Å². The first-order valence-electron chi connectivity index (χ1n) is 20.8. The molecule has 7 rings (SSSR count). The number of hydrogen-bond donors (Lipinski definition) is 0. The predicted octanol–water partition coefficient (Wildman–Crippen LogP) is 15.9. The van der Waals surface area contributed by atoms with Crippen LogP contribution in [0.25, 0.3) is 10.8 Å². The number of ketones is 1. The summed E-state index contributed by atoms with van der Waals surface area (Å²) in [6, 6.07) is 37.7. The Hall–Kier alpha value is -5.73. The Kier molecular flexibility index (Phi) is 15.8. The molecule has 0 bridgehead atoms. The molecule has 0 aliphatic carbocycles. The summed E-state index contributed by atoms with van der Waals surface area (Å²) in [5.74, 6) is 1.90. The van der Waals surface area contributed by atoms with Crippen molar-refractivity contribution in [2.75, 3.05) is 0 Å². The van der Waals surface area contributed by atoms with Crippen molar-refractivity contribution in [2.24, 2.45) is 0 Å². The molecule has 2 heteroatoms. The van der Waals surface area contributed by atoms with Crippen LogP contribution in [0.5, 0.6) is 11.5 Å². The van der Waals surface area contributed by atoms with Crippen LogP contribution in [-0.2, 0) is 0 Å². The summed E-state index contributed by atoms with van der Waals surface area (Å²) in [6.07, 6.45) is 0. The van der Waals surface area contributed by atoms with Gasteiger partial charge in [0.15, 0.2) is 5.78 Å². The Morgan fingerprint density at radius 2 is 0.508 bits per heavy atom.